The Hall–Kier alpha value is -3.81. The Kier molecular flexibility index (Phi) is 4.44. The number of nitrogens with zero attached hydrogens (tertiary/aromatic N) is 5. The molecule has 4 aromatic rings. The Bertz CT molecular complexity index is 1090. The third kappa shape index (κ3) is 3.32. The van der Waals surface area contributed by atoms with Crippen LogP contribution in [0.1, 0.15) is 17.3 Å². The van der Waals surface area contributed by atoms with Crippen LogP contribution in [0, 0.1) is 0 Å². The van der Waals surface area contributed by atoms with Gasteiger partial charge >= 0.3 is 0 Å². The Morgan fingerprint density at radius 2 is 2.07 bits per heavy atom. The third-order valence-electron chi connectivity index (χ3n) is 3.88. The highest BCUT2D eigenvalue weighted by atomic mass is 16.5. The van der Waals surface area contributed by atoms with E-state index in [0.717, 1.165) is 11.3 Å². The first-order valence-corrected chi connectivity index (χ1v) is 8.40. The van der Waals surface area contributed by atoms with E-state index in [1.54, 1.807) is 23.0 Å². The van der Waals surface area contributed by atoms with Gasteiger partial charge in [-0.2, -0.15) is 10.1 Å². The zero-order valence-electron chi connectivity index (χ0n) is 14.5. The van der Waals surface area contributed by atoms with Crippen molar-refractivity contribution >= 4 is 17.2 Å². The molecular weight excluding hydrogens is 344 g/mol. The monoisotopic (exact) mass is 360 g/mol. The van der Waals surface area contributed by atoms with Crippen LogP contribution < -0.4 is 10.1 Å². The van der Waals surface area contributed by atoms with Gasteiger partial charge in [-0.25, -0.2) is 14.5 Å². The molecule has 0 aliphatic rings. The molecular formula is C19H16N6O2. The topological polar surface area (TPSA) is 94.3 Å². The minimum Gasteiger partial charge on any atom is -0.476 e. The zero-order chi connectivity index (χ0) is 18.6. The molecule has 0 atom stereocenters. The normalized spacial score (nSPS) is 10.7. The highest BCUT2D eigenvalue weighted by Gasteiger charge is 2.17. The number of imidazole rings is 1. The van der Waals surface area contributed by atoms with Gasteiger partial charge in [-0.1, -0.05) is 30.3 Å². The van der Waals surface area contributed by atoms with Crippen molar-refractivity contribution in [2.45, 2.75) is 6.92 Å². The predicted octanol–water partition coefficient (Wildman–Crippen LogP) is 2.84. The number of carbonyl (C=O) groups is 1. The van der Waals surface area contributed by atoms with Crippen LogP contribution in [-0.2, 0) is 0 Å². The zero-order valence-corrected chi connectivity index (χ0v) is 14.5. The van der Waals surface area contributed by atoms with Crippen molar-refractivity contribution in [2.24, 2.45) is 0 Å². The van der Waals surface area contributed by atoms with Gasteiger partial charge in [-0.3, -0.25) is 4.79 Å². The first-order chi connectivity index (χ1) is 13.3. The highest BCUT2D eigenvalue weighted by Crippen LogP contribution is 2.23. The Balaban J connectivity index is 1.69. The van der Waals surface area contributed by atoms with Crippen molar-refractivity contribution in [1.29, 1.82) is 0 Å². The molecule has 0 aliphatic carbocycles. The Labute approximate surface area is 154 Å². The van der Waals surface area contributed by atoms with E-state index in [9.17, 15) is 4.79 Å². The number of fused-ring (bicyclic) bond motifs is 1. The summed E-state index contributed by atoms with van der Waals surface area (Å²) in [5, 5.41) is 7.03. The minimum absolute atomic E-state index is 0.319. The van der Waals surface area contributed by atoms with Crippen LogP contribution >= 0.6 is 0 Å². The quantitative estimate of drug-likeness (QED) is 0.588. The summed E-state index contributed by atoms with van der Waals surface area (Å²) in [5.74, 6) is -0.0254. The number of amides is 1. The summed E-state index contributed by atoms with van der Waals surface area (Å²) in [7, 11) is 0. The maximum Gasteiger partial charge on any atom is 0.259 e. The smallest absolute Gasteiger partial charge is 0.259 e. The van der Waals surface area contributed by atoms with Gasteiger partial charge in [0.25, 0.3) is 5.91 Å². The lowest BCUT2D eigenvalue weighted by molar-refractivity contribution is 0.102. The number of carbonyl (C=O) groups excluding carboxylic acids is 1. The first kappa shape index (κ1) is 16.6. The largest absolute Gasteiger partial charge is 0.476 e. The molecule has 1 aromatic carbocycles. The molecule has 0 fully saturated rings. The van der Waals surface area contributed by atoms with Crippen LogP contribution in [-0.4, -0.2) is 37.1 Å². The lowest BCUT2D eigenvalue weighted by Gasteiger charge is -2.09. The number of aromatic nitrogens is 5. The molecule has 134 valence electrons. The van der Waals surface area contributed by atoms with Gasteiger partial charge in [0.2, 0.25) is 5.88 Å². The molecule has 1 amide bonds. The lowest BCUT2D eigenvalue weighted by Crippen LogP contribution is -2.15. The molecule has 1 N–H and O–H groups in total. The van der Waals surface area contributed by atoms with E-state index in [2.05, 4.69) is 25.4 Å². The molecule has 0 radical (unpaired) electrons. The van der Waals surface area contributed by atoms with E-state index in [4.69, 9.17) is 4.74 Å². The Morgan fingerprint density at radius 3 is 2.89 bits per heavy atom. The minimum atomic E-state index is -0.344. The molecule has 27 heavy (non-hydrogen) atoms. The first-order valence-electron chi connectivity index (χ1n) is 8.40. The average molecular weight is 360 g/mol. The fourth-order valence-electron chi connectivity index (χ4n) is 2.67. The maximum absolute atomic E-state index is 12.8. The predicted molar refractivity (Wildman–Crippen MR) is 99.6 cm³/mol. The van der Waals surface area contributed by atoms with Gasteiger partial charge in [0.05, 0.1) is 30.3 Å². The second-order valence-corrected chi connectivity index (χ2v) is 5.63. The van der Waals surface area contributed by atoms with Crippen molar-refractivity contribution in [3.8, 4) is 17.1 Å². The molecule has 0 bridgehead atoms. The molecule has 8 nitrogen and oxygen atoms in total. The van der Waals surface area contributed by atoms with Gasteiger partial charge in [-0.05, 0) is 13.0 Å². The fraction of sp³-hybridized carbons (Fsp3) is 0.105. The number of anilines is 1. The molecule has 3 heterocycles. The summed E-state index contributed by atoms with van der Waals surface area (Å²) in [6.45, 7) is 2.27. The molecule has 0 unspecified atom stereocenters. The highest BCUT2D eigenvalue weighted by molar-refractivity contribution is 6.08. The van der Waals surface area contributed by atoms with Gasteiger partial charge in [-0.15, -0.1) is 0 Å². The van der Waals surface area contributed by atoms with E-state index in [1.807, 2.05) is 37.3 Å². The number of ether oxygens (including phenoxy) is 1. The van der Waals surface area contributed by atoms with E-state index in [-0.39, 0.29) is 5.91 Å². The summed E-state index contributed by atoms with van der Waals surface area (Å²) in [4.78, 5) is 25.4. The molecule has 0 aliphatic heterocycles. The molecule has 4 rings (SSSR count). The summed E-state index contributed by atoms with van der Waals surface area (Å²) in [5.41, 5.74) is 2.93. The second-order valence-electron chi connectivity index (χ2n) is 5.63. The average Bonchev–Trinajstić information content (AvgIpc) is 3.14. The number of hydrogen-bond acceptors (Lipinski definition) is 6. The summed E-state index contributed by atoms with van der Waals surface area (Å²) >= 11 is 0. The number of benzene rings is 1. The van der Waals surface area contributed by atoms with E-state index in [1.165, 1.54) is 12.5 Å². The Morgan fingerprint density at radius 1 is 1.22 bits per heavy atom. The third-order valence-corrected chi connectivity index (χ3v) is 3.88. The van der Waals surface area contributed by atoms with Crippen LogP contribution in [0.3, 0.4) is 0 Å². The van der Waals surface area contributed by atoms with Crippen LogP contribution in [0.15, 0.2) is 61.3 Å². The van der Waals surface area contributed by atoms with Crippen molar-refractivity contribution in [3.05, 3.63) is 66.9 Å². The van der Waals surface area contributed by atoms with Crippen LogP contribution in [0.25, 0.3) is 16.9 Å². The second kappa shape index (κ2) is 7.20. The van der Waals surface area contributed by atoms with E-state index in [0.29, 0.717) is 29.4 Å². The van der Waals surface area contributed by atoms with Crippen LogP contribution in [0.2, 0.25) is 0 Å². The summed E-state index contributed by atoms with van der Waals surface area (Å²) < 4.78 is 7.01. The molecule has 0 spiro atoms. The van der Waals surface area contributed by atoms with Crippen molar-refractivity contribution in [1.82, 2.24) is 24.6 Å². The van der Waals surface area contributed by atoms with Gasteiger partial charge in [0.1, 0.15) is 12.0 Å². The molecule has 0 saturated heterocycles. The standard InChI is InChI=1S/C19H16N6O2/c1-2-27-19-15(10-20-12-21-19)24-18(26)14-8-9-22-25-11-16(23-17(14)25)13-6-4-3-5-7-13/h3-12H,2H2,1H3,(H,24,26). The van der Waals surface area contributed by atoms with Crippen molar-refractivity contribution in [3.63, 3.8) is 0 Å². The number of nitrogens with one attached hydrogen (secondary N) is 1. The number of rotatable bonds is 5. The van der Waals surface area contributed by atoms with Crippen LogP contribution in [0.4, 0.5) is 5.69 Å². The van der Waals surface area contributed by atoms with Gasteiger partial charge in [0, 0.05) is 11.8 Å². The summed E-state index contributed by atoms with van der Waals surface area (Å²) in [6.07, 6.45) is 6.21. The molecule has 3 aromatic heterocycles. The summed E-state index contributed by atoms with van der Waals surface area (Å²) in [6, 6.07) is 11.3. The molecule has 0 saturated carbocycles. The van der Waals surface area contributed by atoms with E-state index >= 15 is 0 Å². The fourth-order valence-corrected chi connectivity index (χ4v) is 2.67. The molecule has 8 heteroatoms. The maximum atomic E-state index is 12.8. The van der Waals surface area contributed by atoms with Crippen molar-refractivity contribution < 1.29 is 9.53 Å². The SMILES string of the molecule is CCOc1ncncc1NC(=O)c1ccnn2cc(-c3ccccc3)nc12. The van der Waals surface area contributed by atoms with Crippen molar-refractivity contribution in [2.75, 3.05) is 11.9 Å². The lowest BCUT2D eigenvalue weighted by atomic mass is 10.2. The van der Waals surface area contributed by atoms with Crippen LogP contribution in [0.5, 0.6) is 5.88 Å². The van der Waals surface area contributed by atoms with E-state index < -0.39 is 0 Å². The van der Waals surface area contributed by atoms with Gasteiger partial charge in [0.15, 0.2) is 5.65 Å². The van der Waals surface area contributed by atoms with Gasteiger partial charge < -0.3 is 10.1 Å². The number of hydrogen-bond donors (Lipinski definition) is 1.